The van der Waals surface area contributed by atoms with E-state index in [1.807, 2.05) is 0 Å². The summed E-state index contributed by atoms with van der Waals surface area (Å²) in [5, 5.41) is 4.19. The van der Waals surface area contributed by atoms with Gasteiger partial charge in [0.2, 0.25) is 5.88 Å². The Hall–Kier alpha value is -2.84. The Balaban J connectivity index is 2.01. The van der Waals surface area contributed by atoms with Crippen molar-refractivity contribution in [2.45, 2.75) is 37.8 Å². The molecular formula is C19H19F3N4O2. The number of methoxy groups -OCH3 is 2. The molecule has 0 spiro atoms. The smallest absolute Gasteiger partial charge is 0.255 e. The Labute approximate surface area is 159 Å². The second-order valence-corrected chi connectivity index (χ2v) is 6.77. The van der Waals surface area contributed by atoms with Gasteiger partial charge in [-0.25, -0.2) is 17.7 Å². The number of ether oxygens (including phenoxy) is 2. The summed E-state index contributed by atoms with van der Waals surface area (Å²) >= 11 is 0. The highest BCUT2D eigenvalue weighted by Crippen LogP contribution is 2.44. The molecule has 0 aliphatic heterocycles. The van der Waals surface area contributed by atoms with Gasteiger partial charge in [-0.1, -0.05) is 0 Å². The van der Waals surface area contributed by atoms with Gasteiger partial charge in [0, 0.05) is 18.1 Å². The van der Waals surface area contributed by atoms with E-state index in [1.54, 1.807) is 0 Å². The molecule has 1 fully saturated rings. The number of benzene rings is 1. The Morgan fingerprint density at radius 2 is 1.68 bits per heavy atom. The van der Waals surface area contributed by atoms with Crippen LogP contribution in [0, 0.1) is 11.6 Å². The number of halogens is 3. The lowest BCUT2D eigenvalue weighted by atomic mass is 9.83. The van der Waals surface area contributed by atoms with E-state index in [-0.39, 0.29) is 34.5 Å². The second-order valence-electron chi connectivity index (χ2n) is 6.77. The monoisotopic (exact) mass is 392 g/mol. The van der Waals surface area contributed by atoms with Crippen LogP contribution in [-0.2, 0) is 0 Å². The Bertz CT molecular complexity index is 993. The maximum Gasteiger partial charge on any atom is 0.255 e. The summed E-state index contributed by atoms with van der Waals surface area (Å²) < 4.78 is 55.3. The Kier molecular flexibility index (Phi) is 4.82. The minimum Gasteiger partial charge on any atom is -0.497 e. The van der Waals surface area contributed by atoms with Gasteiger partial charge in [0.1, 0.15) is 29.9 Å². The minimum absolute atomic E-state index is 0.0424. The van der Waals surface area contributed by atoms with Crippen molar-refractivity contribution in [2.24, 2.45) is 0 Å². The molecule has 4 rings (SSSR count). The van der Waals surface area contributed by atoms with E-state index in [2.05, 4.69) is 15.1 Å². The fraction of sp³-hybridized carbons (Fsp3) is 0.421. The van der Waals surface area contributed by atoms with Gasteiger partial charge in [-0.2, -0.15) is 15.1 Å². The van der Waals surface area contributed by atoms with Gasteiger partial charge >= 0.3 is 0 Å². The number of aromatic nitrogens is 4. The number of fused-ring (bicyclic) bond motifs is 1. The van der Waals surface area contributed by atoms with Crippen LogP contribution in [0.3, 0.4) is 0 Å². The standard InChI is InChI=1S/C19H19F3N4O2/c1-27-12-7-13(21)15(14(22)8-12)16-17(10-3-5-11(20)6-4-10)26-19(23-9-24-26)25-18(16)28-2/h7-11H,3-6H2,1-2H3. The zero-order valence-electron chi connectivity index (χ0n) is 15.5. The largest absolute Gasteiger partial charge is 0.497 e. The molecule has 1 saturated carbocycles. The molecule has 3 aromatic rings. The maximum atomic E-state index is 14.9. The highest BCUT2D eigenvalue weighted by molar-refractivity contribution is 5.74. The quantitative estimate of drug-likeness (QED) is 0.670. The third-order valence-corrected chi connectivity index (χ3v) is 5.17. The van der Waals surface area contributed by atoms with E-state index < -0.39 is 17.8 Å². The molecule has 1 aromatic carbocycles. The number of nitrogens with zero attached hydrogens (tertiary/aromatic N) is 4. The second kappa shape index (κ2) is 7.29. The van der Waals surface area contributed by atoms with Crippen LogP contribution in [0.15, 0.2) is 18.5 Å². The van der Waals surface area contributed by atoms with E-state index in [0.29, 0.717) is 31.4 Å². The molecule has 1 aliphatic carbocycles. The van der Waals surface area contributed by atoms with E-state index in [9.17, 15) is 13.2 Å². The van der Waals surface area contributed by atoms with Crippen molar-refractivity contribution in [2.75, 3.05) is 14.2 Å². The lowest BCUT2D eigenvalue weighted by Crippen LogP contribution is -2.19. The van der Waals surface area contributed by atoms with Gasteiger partial charge < -0.3 is 9.47 Å². The molecule has 28 heavy (non-hydrogen) atoms. The van der Waals surface area contributed by atoms with Crippen molar-refractivity contribution >= 4 is 5.78 Å². The fourth-order valence-electron chi connectivity index (χ4n) is 3.84. The zero-order chi connectivity index (χ0) is 19.8. The molecule has 0 radical (unpaired) electrons. The number of hydrogen-bond acceptors (Lipinski definition) is 5. The summed E-state index contributed by atoms with van der Waals surface area (Å²) in [5.74, 6) is -1.42. The molecule has 0 N–H and O–H groups in total. The van der Waals surface area contributed by atoms with Gasteiger partial charge in [-0.15, -0.1) is 0 Å². The predicted octanol–water partition coefficient (Wildman–Crippen LogP) is 4.08. The van der Waals surface area contributed by atoms with Crippen molar-refractivity contribution in [3.63, 3.8) is 0 Å². The van der Waals surface area contributed by atoms with E-state index in [4.69, 9.17) is 9.47 Å². The molecule has 0 saturated heterocycles. The average molecular weight is 392 g/mol. The Morgan fingerprint density at radius 3 is 2.29 bits per heavy atom. The van der Waals surface area contributed by atoms with Gasteiger partial charge in [0.25, 0.3) is 5.78 Å². The first-order valence-electron chi connectivity index (χ1n) is 8.98. The summed E-state index contributed by atoms with van der Waals surface area (Å²) in [5.41, 5.74) is 0.412. The SMILES string of the molecule is COc1cc(F)c(-c2c(OC)nc3ncnn3c2C2CCC(F)CC2)c(F)c1. The molecular weight excluding hydrogens is 373 g/mol. The van der Waals surface area contributed by atoms with Crippen LogP contribution in [-0.4, -0.2) is 40.0 Å². The van der Waals surface area contributed by atoms with E-state index >= 15 is 0 Å². The lowest BCUT2D eigenvalue weighted by molar-refractivity contribution is 0.233. The summed E-state index contributed by atoms with van der Waals surface area (Å²) in [6, 6.07) is 2.21. The lowest BCUT2D eigenvalue weighted by Gasteiger charge is -2.27. The van der Waals surface area contributed by atoms with E-state index in [0.717, 1.165) is 12.1 Å². The summed E-state index contributed by atoms with van der Waals surface area (Å²) in [7, 11) is 2.71. The molecule has 6 nitrogen and oxygen atoms in total. The first-order valence-corrected chi connectivity index (χ1v) is 8.98. The van der Waals surface area contributed by atoms with Gasteiger partial charge in [-0.05, 0) is 25.7 Å². The van der Waals surface area contributed by atoms with Crippen LogP contribution in [0.5, 0.6) is 11.6 Å². The molecule has 148 valence electrons. The van der Waals surface area contributed by atoms with Crippen molar-refractivity contribution < 1.29 is 22.6 Å². The fourth-order valence-corrected chi connectivity index (χ4v) is 3.84. The third kappa shape index (κ3) is 3.04. The highest BCUT2D eigenvalue weighted by atomic mass is 19.1. The van der Waals surface area contributed by atoms with Crippen molar-refractivity contribution in [3.05, 3.63) is 35.8 Å². The number of rotatable bonds is 4. The normalized spacial score (nSPS) is 19.8. The highest BCUT2D eigenvalue weighted by Gasteiger charge is 2.32. The zero-order valence-corrected chi connectivity index (χ0v) is 15.5. The molecule has 2 aromatic heterocycles. The first-order chi connectivity index (χ1) is 13.5. The summed E-state index contributed by atoms with van der Waals surface area (Å²) in [6.45, 7) is 0. The first kappa shape index (κ1) is 18.5. The minimum atomic E-state index is -0.871. The molecule has 1 aliphatic rings. The molecule has 0 amide bonds. The Morgan fingerprint density at radius 1 is 1.00 bits per heavy atom. The number of alkyl halides is 1. The number of hydrogen-bond donors (Lipinski definition) is 0. The topological polar surface area (TPSA) is 61.5 Å². The van der Waals surface area contributed by atoms with Gasteiger partial charge in [-0.3, -0.25) is 0 Å². The van der Waals surface area contributed by atoms with Crippen LogP contribution >= 0.6 is 0 Å². The summed E-state index contributed by atoms with van der Waals surface area (Å²) in [6.07, 6.45) is 2.24. The van der Waals surface area contributed by atoms with Crippen molar-refractivity contribution in [1.29, 1.82) is 0 Å². The van der Waals surface area contributed by atoms with Crippen LogP contribution in [0.4, 0.5) is 13.2 Å². The molecule has 0 atom stereocenters. The average Bonchev–Trinajstić information content (AvgIpc) is 3.15. The molecule has 2 heterocycles. The van der Waals surface area contributed by atoms with Crippen LogP contribution in [0.25, 0.3) is 16.9 Å². The van der Waals surface area contributed by atoms with Crippen LogP contribution in [0.1, 0.15) is 37.3 Å². The van der Waals surface area contributed by atoms with E-state index in [1.165, 1.54) is 25.1 Å². The van der Waals surface area contributed by atoms with Crippen LogP contribution in [0.2, 0.25) is 0 Å². The predicted molar refractivity (Wildman–Crippen MR) is 95.3 cm³/mol. The third-order valence-electron chi connectivity index (χ3n) is 5.17. The molecule has 0 bridgehead atoms. The molecule has 9 heteroatoms. The summed E-state index contributed by atoms with van der Waals surface area (Å²) in [4.78, 5) is 8.34. The molecule has 0 unspecified atom stereocenters. The van der Waals surface area contributed by atoms with Crippen molar-refractivity contribution in [1.82, 2.24) is 19.6 Å². The van der Waals surface area contributed by atoms with Crippen LogP contribution < -0.4 is 9.47 Å². The van der Waals surface area contributed by atoms with Crippen molar-refractivity contribution in [3.8, 4) is 22.8 Å². The van der Waals surface area contributed by atoms with Gasteiger partial charge in [0.15, 0.2) is 0 Å². The maximum absolute atomic E-state index is 14.9. The van der Waals surface area contributed by atoms with Gasteiger partial charge in [0.05, 0.1) is 31.0 Å².